The maximum atomic E-state index is 12.9. The van der Waals surface area contributed by atoms with Crippen LogP contribution in [0.5, 0.6) is 0 Å². The zero-order chi connectivity index (χ0) is 20.7. The van der Waals surface area contributed by atoms with Gasteiger partial charge in [0.1, 0.15) is 17.2 Å². The molecular weight excluding hydrogens is 388 g/mol. The lowest BCUT2D eigenvalue weighted by atomic mass is 10.0. The summed E-state index contributed by atoms with van der Waals surface area (Å²) in [4.78, 5) is 63.7. The molecule has 3 rings (SSSR count). The number of amides is 3. The van der Waals surface area contributed by atoms with Gasteiger partial charge in [-0.2, -0.15) is 0 Å². The van der Waals surface area contributed by atoms with E-state index in [0.29, 0.717) is 11.8 Å². The fraction of sp³-hybridized carbons (Fsp3) is 0.278. The van der Waals surface area contributed by atoms with Crippen molar-refractivity contribution in [3.8, 4) is 0 Å². The summed E-state index contributed by atoms with van der Waals surface area (Å²) in [6.45, 7) is 2.43. The molecule has 1 aromatic rings. The van der Waals surface area contributed by atoms with Crippen molar-refractivity contribution in [1.82, 2.24) is 9.80 Å². The van der Waals surface area contributed by atoms with E-state index in [2.05, 4.69) is 4.74 Å². The topological polar surface area (TPSA) is 121 Å². The molecule has 2 aliphatic rings. The number of β-lactam (4-membered cyclic amide) rings is 1. The largest absolute Gasteiger partial charge is 0.510 e. The highest BCUT2D eigenvalue weighted by Crippen LogP contribution is 2.40. The second-order valence-corrected chi connectivity index (χ2v) is 7.40. The minimum absolute atomic E-state index is 0.160. The van der Waals surface area contributed by atoms with Crippen molar-refractivity contribution in [3.63, 3.8) is 0 Å². The summed E-state index contributed by atoms with van der Waals surface area (Å²) in [5, 5.41) is 8.39. The third-order valence-corrected chi connectivity index (χ3v) is 5.41. The summed E-state index contributed by atoms with van der Waals surface area (Å²) < 4.78 is 4.59. The number of thioether (sulfide) groups is 1. The van der Waals surface area contributed by atoms with Crippen LogP contribution in [0.25, 0.3) is 0 Å². The molecule has 2 unspecified atom stereocenters. The monoisotopic (exact) mass is 404 g/mol. The van der Waals surface area contributed by atoms with Gasteiger partial charge in [0.05, 0.1) is 18.2 Å². The predicted octanol–water partition coefficient (Wildman–Crippen LogP) is 1.06. The van der Waals surface area contributed by atoms with Crippen molar-refractivity contribution < 1.29 is 33.8 Å². The van der Waals surface area contributed by atoms with Crippen LogP contribution in [0.15, 0.2) is 35.7 Å². The van der Waals surface area contributed by atoms with E-state index in [-0.39, 0.29) is 11.1 Å². The molecule has 0 saturated carbocycles. The predicted molar refractivity (Wildman–Crippen MR) is 97.0 cm³/mol. The average molecular weight is 404 g/mol. The molecule has 0 aliphatic carbocycles. The smallest absolute Gasteiger partial charge is 0.358 e. The molecule has 28 heavy (non-hydrogen) atoms. The number of hydrogen-bond donors (Lipinski definition) is 1. The van der Waals surface area contributed by atoms with Gasteiger partial charge in [0.15, 0.2) is 10.8 Å². The van der Waals surface area contributed by atoms with E-state index < -0.39 is 51.7 Å². The number of carbonyl (C=O) groups is 5. The normalized spacial score (nSPS) is 21.9. The van der Waals surface area contributed by atoms with Crippen molar-refractivity contribution in [2.24, 2.45) is 0 Å². The summed E-state index contributed by atoms with van der Waals surface area (Å²) in [6.07, 6.45) is 0. The van der Waals surface area contributed by atoms with Crippen LogP contribution in [0.4, 0.5) is 0 Å². The minimum atomic E-state index is -1.29. The second kappa shape index (κ2) is 7.12. The Hall–Kier alpha value is -3.14. The second-order valence-electron chi connectivity index (χ2n) is 6.10. The van der Waals surface area contributed by atoms with Crippen LogP contribution in [0.2, 0.25) is 0 Å². The SMILES string of the molecule is COC(=O)/C(=C(\C)O)N1C(=O)C(N2C(=O)c3ccccc3C2=O)C1SC(C)=O. The van der Waals surface area contributed by atoms with Crippen molar-refractivity contribution >= 4 is 40.6 Å². The Kier molecular flexibility index (Phi) is 4.99. The number of fused-ring (bicyclic) bond motifs is 1. The quantitative estimate of drug-likeness (QED) is 0.260. The van der Waals surface area contributed by atoms with Gasteiger partial charge < -0.3 is 9.84 Å². The Morgan fingerprint density at radius 2 is 1.61 bits per heavy atom. The van der Waals surface area contributed by atoms with E-state index in [4.69, 9.17) is 0 Å². The summed E-state index contributed by atoms with van der Waals surface area (Å²) in [6, 6.07) is 4.84. The highest BCUT2D eigenvalue weighted by Gasteiger charge is 2.59. The lowest BCUT2D eigenvalue weighted by Gasteiger charge is -2.48. The zero-order valence-electron chi connectivity index (χ0n) is 15.2. The molecule has 146 valence electrons. The maximum Gasteiger partial charge on any atom is 0.358 e. The Morgan fingerprint density at radius 1 is 1.07 bits per heavy atom. The minimum Gasteiger partial charge on any atom is -0.510 e. The molecule has 0 aromatic heterocycles. The van der Waals surface area contributed by atoms with Crippen molar-refractivity contribution in [2.45, 2.75) is 25.3 Å². The number of esters is 1. The fourth-order valence-electron chi connectivity index (χ4n) is 3.19. The Balaban J connectivity index is 2.01. The first kappa shape index (κ1) is 19.6. The molecule has 1 aromatic carbocycles. The summed E-state index contributed by atoms with van der Waals surface area (Å²) in [7, 11) is 1.07. The van der Waals surface area contributed by atoms with Gasteiger partial charge in [-0.3, -0.25) is 29.0 Å². The number of ether oxygens (including phenoxy) is 1. The summed E-state index contributed by atoms with van der Waals surface area (Å²) in [5.41, 5.74) is -0.126. The molecule has 0 bridgehead atoms. The lowest BCUT2D eigenvalue weighted by molar-refractivity contribution is -0.153. The summed E-state index contributed by atoms with van der Waals surface area (Å²) >= 11 is 0.671. The van der Waals surface area contributed by atoms with Crippen LogP contribution >= 0.6 is 11.8 Å². The molecule has 2 atom stereocenters. The number of rotatable bonds is 4. The maximum absolute atomic E-state index is 12.9. The van der Waals surface area contributed by atoms with Crippen LogP contribution in [0.3, 0.4) is 0 Å². The van der Waals surface area contributed by atoms with E-state index in [1.807, 2.05) is 0 Å². The number of hydrogen-bond acceptors (Lipinski definition) is 8. The fourth-order valence-corrected chi connectivity index (χ4v) is 4.21. The first-order valence-electron chi connectivity index (χ1n) is 8.16. The molecule has 1 saturated heterocycles. The van der Waals surface area contributed by atoms with Gasteiger partial charge in [0.2, 0.25) is 0 Å². The molecule has 9 nitrogen and oxygen atoms in total. The van der Waals surface area contributed by atoms with E-state index >= 15 is 0 Å². The zero-order valence-corrected chi connectivity index (χ0v) is 16.0. The molecule has 0 spiro atoms. The van der Waals surface area contributed by atoms with E-state index in [0.717, 1.165) is 16.9 Å². The van der Waals surface area contributed by atoms with Gasteiger partial charge in [-0.15, -0.1) is 0 Å². The number of carbonyl (C=O) groups excluding carboxylic acids is 5. The van der Waals surface area contributed by atoms with E-state index in [9.17, 15) is 29.1 Å². The number of allylic oxidation sites excluding steroid dienone is 1. The Labute approximate surface area is 163 Å². The van der Waals surface area contributed by atoms with E-state index in [1.54, 1.807) is 12.1 Å². The third-order valence-electron chi connectivity index (χ3n) is 4.37. The molecule has 1 N–H and O–H groups in total. The van der Waals surface area contributed by atoms with Crippen molar-refractivity contribution in [1.29, 1.82) is 0 Å². The molecule has 10 heteroatoms. The molecule has 3 amide bonds. The van der Waals surface area contributed by atoms with E-state index in [1.165, 1.54) is 26.0 Å². The van der Waals surface area contributed by atoms with Crippen LogP contribution in [0, 0.1) is 0 Å². The molecular formula is C18H16N2O7S. The highest BCUT2D eigenvalue weighted by molar-refractivity contribution is 8.14. The Bertz CT molecular complexity index is 916. The number of aliphatic hydroxyl groups is 1. The van der Waals surface area contributed by atoms with Gasteiger partial charge >= 0.3 is 5.97 Å². The van der Waals surface area contributed by atoms with Crippen LogP contribution < -0.4 is 0 Å². The lowest BCUT2D eigenvalue weighted by Crippen LogP contribution is -2.70. The Morgan fingerprint density at radius 3 is 2.04 bits per heavy atom. The molecule has 2 aliphatic heterocycles. The van der Waals surface area contributed by atoms with Gasteiger partial charge in [-0.05, 0) is 19.1 Å². The number of imide groups is 1. The number of nitrogens with zero attached hydrogens (tertiary/aromatic N) is 2. The number of likely N-dealkylation sites (tertiary alicyclic amines) is 1. The standard InChI is InChI=1S/C18H16N2O7S/c1-8(21)12(18(26)27-3)20-16(25)13(17(20)28-9(2)22)19-14(23)10-6-4-5-7-11(10)15(19)24/h4-7,13,17,21H,1-3H3/b12-8-. The molecule has 1 fully saturated rings. The number of benzene rings is 1. The third kappa shape index (κ3) is 2.85. The first-order chi connectivity index (χ1) is 13.2. The van der Waals surface area contributed by atoms with Crippen LogP contribution in [-0.4, -0.2) is 62.2 Å². The van der Waals surface area contributed by atoms with Crippen LogP contribution in [0.1, 0.15) is 34.6 Å². The van der Waals surface area contributed by atoms with Gasteiger partial charge in [0, 0.05) is 6.92 Å². The highest BCUT2D eigenvalue weighted by atomic mass is 32.2. The number of methoxy groups -OCH3 is 1. The average Bonchev–Trinajstić information content (AvgIpc) is 2.90. The van der Waals surface area contributed by atoms with Crippen molar-refractivity contribution in [2.75, 3.05) is 7.11 Å². The van der Waals surface area contributed by atoms with Gasteiger partial charge in [-0.25, -0.2) is 4.79 Å². The van der Waals surface area contributed by atoms with Crippen LogP contribution in [-0.2, 0) is 19.1 Å². The van der Waals surface area contributed by atoms with Gasteiger partial charge in [-0.1, -0.05) is 23.9 Å². The number of aliphatic hydroxyl groups excluding tert-OH is 1. The summed E-state index contributed by atoms with van der Waals surface area (Å²) in [5.74, 6) is -3.56. The van der Waals surface area contributed by atoms with Crippen molar-refractivity contribution in [3.05, 3.63) is 46.8 Å². The first-order valence-corrected chi connectivity index (χ1v) is 9.04. The molecule has 0 radical (unpaired) electrons. The van der Waals surface area contributed by atoms with Gasteiger partial charge in [0.25, 0.3) is 17.7 Å². The molecule has 2 heterocycles.